The number of hydrogen-bond acceptors (Lipinski definition) is 6. The van der Waals surface area contributed by atoms with Crippen LogP contribution in [0.4, 0.5) is 5.95 Å². The fourth-order valence-electron chi connectivity index (χ4n) is 3.03. The predicted octanol–water partition coefficient (Wildman–Crippen LogP) is 3.45. The quantitative estimate of drug-likeness (QED) is 0.690. The van der Waals surface area contributed by atoms with E-state index in [2.05, 4.69) is 47.2 Å². The molecule has 6 heteroatoms. The van der Waals surface area contributed by atoms with Gasteiger partial charge in [-0.25, -0.2) is 9.97 Å². The van der Waals surface area contributed by atoms with Crippen LogP contribution < -0.4 is 16.2 Å². The van der Waals surface area contributed by atoms with Crippen LogP contribution in [0.3, 0.4) is 0 Å². The van der Waals surface area contributed by atoms with Gasteiger partial charge in [-0.15, -0.1) is 0 Å². The lowest BCUT2D eigenvalue weighted by atomic mass is 10.0. The number of nitrogens with zero attached hydrogens (tertiary/aromatic N) is 2. The van der Waals surface area contributed by atoms with E-state index < -0.39 is 0 Å². The minimum Gasteiger partial charge on any atom is -0.488 e. The first-order valence-electron chi connectivity index (χ1n) is 8.50. The van der Waals surface area contributed by atoms with Crippen molar-refractivity contribution in [2.45, 2.75) is 29.4 Å². The lowest BCUT2D eigenvalue weighted by Crippen LogP contribution is -2.24. The van der Waals surface area contributed by atoms with Gasteiger partial charge in [-0.05, 0) is 36.8 Å². The number of nitrogens with two attached hydrogens (primary N) is 2. The van der Waals surface area contributed by atoms with Crippen molar-refractivity contribution in [2.24, 2.45) is 5.73 Å². The molecule has 4 N–H and O–H groups in total. The van der Waals surface area contributed by atoms with Crippen LogP contribution in [-0.2, 0) is 6.42 Å². The monoisotopic (exact) mass is 364 g/mol. The number of para-hydroxylation sites is 1. The van der Waals surface area contributed by atoms with Crippen molar-refractivity contribution in [2.75, 3.05) is 12.3 Å². The van der Waals surface area contributed by atoms with E-state index in [4.69, 9.17) is 16.2 Å². The van der Waals surface area contributed by atoms with Gasteiger partial charge in [-0.1, -0.05) is 41.6 Å². The number of aryl methyl sites for hydroxylation is 1. The van der Waals surface area contributed by atoms with E-state index in [1.807, 2.05) is 18.2 Å². The summed E-state index contributed by atoms with van der Waals surface area (Å²) in [5, 5.41) is 0.808. The number of anilines is 1. The Balaban J connectivity index is 1.70. The number of aromatic nitrogens is 2. The highest BCUT2D eigenvalue weighted by Gasteiger charge is 2.25. The SMILES string of the molecule is Cc1ccc(Sc2cc(-c3cccc4c3OC(CN)C4)nc(N)n2)cc1. The molecule has 5 nitrogen and oxygen atoms in total. The normalized spacial score (nSPS) is 15.5. The summed E-state index contributed by atoms with van der Waals surface area (Å²) in [6.45, 7) is 2.56. The van der Waals surface area contributed by atoms with Crippen LogP contribution in [0.15, 0.2) is 58.5 Å². The van der Waals surface area contributed by atoms with Crippen molar-refractivity contribution >= 4 is 17.7 Å². The van der Waals surface area contributed by atoms with Gasteiger partial charge in [0.2, 0.25) is 5.95 Å². The van der Waals surface area contributed by atoms with Gasteiger partial charge in [0.1, 0.15) is 16.9 Å². The molecule has 3 aromatic rings. The van der Waals surface area contributed by atoms with Crippen LogP contribution >= 0.6 is 11.8 Å². The highest BCUT2D eigenvalue weighted by molar-refractivity contribution is 7.99. The predicted molar refractivity (Wildman–Crippen MR) is 104 cm³/mol. The summed E-state index contributed by atoms with van der Waals surface area (Å²) in [6.07, 6.45) is 0.845. The van der Waals surface area contributed by atoms with Gasteiger partial charge >= 0.3 is 0 Å². The molecule has 26 heavy (non-hydrogen) atoms. The van der Waals surface area contributed by atoms with Gasteiger partial charge in [-0.2, -0.15) is 0 Å². The van der Waals surface area contributed by atoms with E-state index >= 15 is 0 Å². The molecule has 1 aliphatic heterocycles. The molecule has 1 aromatic heterocycles. The number of nitrogen functional groups attached to an aromatic ring is 1. The van der Waals surface area contributed by atoms with E-state index in [0.717, 1.165) is 38.9 Å². The summed E-state index contributed by atoms with van der Waals surface area (Å²) >= 11 is 1.57. The third-order valence-corrected chi connectivity index (χ3v) is 5.26. The molecule has 2 aromatic carbocycles. The van der Waals surface area contributed by atoms with Gasteiger partial charge in [0.25, 0.3) is 0 Å². The van der Waals surface area contributed by atoms with E-state index in [-0.39, 0.29) is 12.1 Å². The molecule has 2 heterocycles. The summed E-state index contributed by atoms with van der Waals surface area (Å²) in [6, 6.07) is 16.4. The molecule has 4 rings (SSSR count). The Morgan fingerprint density at radius 2 is 1.96 bits per heavy atom. The Labute approximate surface area is 156 Å². The molecule has 0 radical (unpaired) electrons. The molecule has 0 fully saturated rings. The Kier molecular flexibility index (Phi) is 4.53. The van der Waals surface area contributed by atoms with Crippen LogP contribution in [-0.4, -0.2) is 22.6 Å². The first-order chi connectivity index (χ1) is 12.6. The zero-order valence-electron chi connectivity index (χ0n) is 14.5. The summed E-state index contributed by atoms with van der Waals surface area (Å²) in [5.41, 5.74) is 15.8. The summed E-state index contributed by atoms with van der Waals surface area (Å²) in [5.74, 6) is 1.11. The number of benzene rings is 2. The average Bonchev–Trinajstić information content (AvgIpc) is 3.06. The molecule has 1 atom stereocenters. The smallest absolute Gasteiger partial charge is 0.221 e. The maximum atomic E-state index is 6.02. The Morgan fingerprint density at radius 1 is 1.15 bits per heavy atom. The number of ether oxygens (including phenoxy) is 1. The fraction of sp³-hybridized carbons (Fsp3) is 0.200. The molecule has 0 saturated heterocycles. The maximum Gasteiger partial charge on any atom is 0.221 e. The van der Waals surface area contributed by atoms with Crippen LogP contribution in [0.5, 0.6) is 5.75 Å². The van der Waals surface area contributed by atoms with E-state index in [1.54, 1.807) is 11.8 Å². The van der Waals surface area contributed by atoms with Crippen LogP contribution in [0.2, 0.25) is 0 Å². The van der Waals surface area contributed by atoms with E-state index in [9.17, 15) is 0 Å². The van der Waals surface area contributed by atoms with Crippen molar-refractivity contribution < 1.29 is 4.74 Å². The van der Waals surface area contributed by atoms with Crippen LogP contribution in [0.25, 0.3) is 11.3 Å². The second-order valence-electron chi connectivity index (χ2n) is 6.34. The molecule has 0 aliphatic carbocycles. The first kappa shape index (κ1) is 16.9. The summed E-state index contributed by atoms with van der Waals surface area (Å²) in [7, 11) is 0. The minimum absolute atomic E-state index is 0.0201. The van der Waals surface area contributed by atoms with Crippen LogP contribution in [0, 0.1) is 6.92 Å². The van der Waals surface area contributed by atoms with Crippen molar-refractivity contribution in [3.05, 3.63) is 59.7 Å². The standard InChI is InChI=1S/C20H20N4OS/c1-12-5-7-15(8-6-12)26-18-10-17(23-20(22)24-18)16-4-2-3-13-9-14(11-21)25-19(13)16/h2-8,10,14H,9,11,21H2,1H3,(H2,22,23,24). The number of fused-ring (bicyclic) bond motifs is 1. The third-order valence-electron chi connectivity index (χ3n) is 4.33. The van der Waals surface area contributed by atoms with Crippen LogP contribution in [0.1, 0.15) is 11.1 Å². The van der Waals surface area contributed by atoms with Crippen molar-refractivity contribution in [1.82, 2.24) is 9.97 Å². The fourth-order valence-corrected chi connectivity index (χ4v) is 3.86. The first-order valence-corrected chi connectivity index (χ1v) is 9.32. The number of rotatable bonds is 4. The molecule has 1 unspecified atom stereocenters. The number of hydrogen-bond donors (Lipinski definition) is 2. The van der Waals surface area contributed by atoms with E-state index in [0.29, 0.717) is 6.54 Å². The zero-order valence-corrected chi connectivity index (χ0v) is 15.3. The molecule has 132 valence electrons. The van der Waals surface area contributed by atoms with Gasteiger partial charge in [0.15, 0.2) is 0 Å². The topological polar surface area (TPSA) is 87.0 Å². The molecule has 0 spiro atoms. The van der Waals surface area contributed by atoms with Gasteiger partial charge < -0.3 is 16.2 Å². The van der Waals surface area contributed by atoms with Crippen molar-refractivity contribution in [3.8, 4) is 17.0 Å². The molecule has 0 saturated carbocycles. The molecule has 0 amide bonds. The molecular weight excluding hydrogens is 344 g/mol. The second kappa shape index (κ2) is 6.97. The average molecular weight is 364 g/mol. The van der Waals surface area contributed by atoms with Crippen molar-refractivity contribution in [3.63, 3.8) is 0 Å². The van der Waals surface area contributed by atoms with E-state index in [1.165, 1.54) is 5.56 Å². The summed E-state index contributed by atoms with van der Waals surface area (Å²) < 4.78 is 6.02. The van der Waals surface area contributed by atoms with Gasteiger partial charge in [-0.3, -0.25) is 0 Å². The minimum atomic E-state index is 0.0201. The third kappa shape index (κ3) is 3.38. The lowest BCUT2D eigenvalue weighted by Gasteiger charge is -2.11. The largest absolute Gasteiger partial charge is 0.488 e. The Hall–Kier alpha value is -2.57. The van der Waals surface area contributed by atoms with Crippen molar-refractivity contribution in [1.29, 1.82) is 0 Å². The summed E-state index contributed by atoms with van der Waals surface area (Å²) in [4.78, 5) is 9.91. The van der Waals surface area contributed by atoms with Gasteiger partial charge in [0, 0.05) is 23.4 Å². The Morgan fingerprint density at radius 3 is 2.73 bits per heavy atom. The second-order valence-corrected chi connectivity index (χ2v) is 7.43. The highest BCUT2D eigenvalue weighted by atomic mass is 32.2. The maximum absolute atomic E-state index is 6.02. The zero-order chi connectivity index (χ0) is 18.1. The molecule has 0 bridgehead atoms. The highest BCUT2D eigenvalue weighted by Crippen LogP contribution is 2.39. The molecule has 1 aliphatic rings. The molecular formula is C20H20N4OS. The Bertz CT molecular complexity index is 943. The van der Waals surface area contributed by atoms with Gasteiger partial charge in [0.05, 0.1) is 5.69 Å². The lowest BCUT2D eigenvalue weighted by molar-refractivity contribution is 0.242.